The number of unbranched alkanes of at least 4 members (excludes halogenated alkanes) is 12. The van der Waals surface area contributed by atoms with Crippen molar-refractivity contribution in [1.82, 2.24) is 0 Å². The van der Waals surface area contributed by atoms with Gasteiger partial charge in [0.1, 0.15) is 0 Å². The number of hydrogen-bond acceptors (Lipinski definition) is 6. The molecule has 0 amide bonds. The van der Waals surface area contributed by atoms with Crippen molar-refractivity contribution in [3.05, 3.63) is 35.9 Å². The zero-order valence-corrected chi connectivity index (χ0v) is 27.6. The quantitative estimate of drug-likeness (QED) is 0.0553. The van der Waals surface area contributed by atoms with Crippen molar-refractivity contribution in [3.8, 4) is 0 Å². The molecule has 0 aromatic heterocycles. The van der Waals surface area contributed by atoms with Gasteiger partial charge in [-0.05, 0) is 43.4 Å². The Balaban J connectivity index is 2.58. The molecule has 0 radical (unpaired) electrons. The zero-order chi connectivity index (χ0) is 30.2. The van der Waals surface area contributed by atoms with E-state index >= 15 is 0 Å². The standard InChI is InChI=1S/C33H57O6PS/c1-4-6-8-10-12-13-15-20-25-38-28(3)27-39-32(33(36,40-37)31(34)35)41-26-24-30(29-21-18-16-19-22-29)23-17-14-11-9-7-5-2/h16,18-19,21-22,28,30,32,36H,4-15,17,20,23-27H2,1-3H3,(H,34,35). The number of carboxylic acids is 1. The molecular weight excluding hydrogens is 555 g/mol. The van der Waals surface area contributed by atoms with Crippen LogP contribution in [0.5, 0.6) is 0 Å². The van der Waals surface area contributed by atoms with Crippen LogP contribution in [-0.4, -0.2) is 52.0 Å². The van der Waals surface area contributed by atoms with Crippen LogP contribution in [0.15, 0.2) is 30.3 Å². The van der Waals surface area contributed by atoms with Crippen molar-refractivity contribution in [1.29, 1.82) is 0 Å². The Morgan fingerprint density at radius 3 is 1.98 bits per heavy atom. The fraction of sp³-hybridized carbons (Fsp3) is 0.788. The van der Waals surface area contributed by atoms with E-state index in [0.717, 1.165) is 32.1 Å². The van der Waals surface area contributed by atoms with Gasteiger partial charge in [-0.2, -0.15) is 0 Å². The minimum atomic E-state index is -2.51. The highest BCUT2D eigenvalue weighted by atomic mass is 32.2. The third-order valence-electron chi connectivity index (χ3n) is 7.58. The Morgan fingerprint density at radius 2 is 1.41 bits per heavy atom. The number of hydrogen-bond donors (Lipinski definition) is 2. The van der Waals surface area contributed by atoms with E-state index in [4.69, 9.17) is 9.47 Å². The lowest BCUT2D eigenvalue weighted by molar-refractivity contribution is -0.157. The first-order valence-corrected chi connectivity index (χ1v) is 17.9. The lowest BCUT2D eigenvalue weighted by atomic mass is 9.91. The van der Waals surface area contributed by atoms with Gasteiger partial charge in [-0.1, -0.05) is 128 Å². The summed E-state index contributed by atoms with van der Waals surface area (Å²) in [6.45, 7) is 7.08. The maximum absolute atomic E-state index is 11.9. The van der Waals surface area contributed by atoms with Crippen LogP contribution in [0.25, 0.3) is 0 Å². The number of rotatable bonds is 28. The maximum Gasteiger partial charge on any atom is 0.351 e. The Kier molecular flexibility index (Phi) is 22.7. The van der Waals surface area contributed by atoms with Crippen LogP contribution in [0.2, 0.25) is 0 Å². The molecule has 2 N–H and O–H groups in total. The van der Waals surface area contributed by atoms with Gasteiger partial charge in [0.05, 0.1) is 12.7 Å². The second kappa shape index (κ2) is 24.5. The molecule has 236 valence electrons. The first-order chi connectivity index (χ1) is 19.9. The number of ether oxygens (including phenoxy) is 2. The SMILES string of the molecule is CCCCCCCCCCOC(C)COC(SCCC(CCCCCCCC)c1ccccc1)C(O)(P=O)C(=O)O. The van der Waals surface area contributed by atoms with E-state index in [1.165, 1.54) is 88.0 Å². The van der Waals surface area contributed by atoms with E-state index in [1.54, 1.807) is 0 Å². The minimum Gasteiger partial charge on any atom is -0.478 e. The molecule has 41 heavy (non-hydrogen) atoms. The highest BCUT2D eigenvalue weighted by Gasteiger charge is 2.47. The molecule has 1 rings (SSSR count). The molecule has 1 aromatic carbocycles. The number of carbonyl (C=O) groups is 1. The first kappa shape index (κ1) is 38.0. The zero-order valence-electron chi connectivity index (χ0n) is 25.9. The molecule has 0 fully saturated rings. The minimum absolute atomic E-state index is 0.125. The molecule has 0 heterocycles. The molecule has 0 aliphatic heterocycles. The summed E-state index contributed by atoms with van der Waals surface area (Å²) in [5.41, 5.74) is 0.108. The summed E-state index contributed by atoms with van der Waals surface area (Å²) in [6.07, 6.45) is 18.9. The Labute approximate surface area is 256 Å². The number of aliphatic hydroxyl groups is 1. The summed E-state index contributed by atoms with van der Waals surface area (Å²) in [6, 6.07) is 10.4. The van der Waals surface area contributed by atoms with Gasteiger partial charge in [-0.25, -0.2) is 4.79 Å². The predicted molar refractivity (Wildman–Crippen MR) is 172 cm³/mol. The fourth-order valence-corrected chi connectivity index (χ4v) is 6.68. The van der Waals surface area contributed by atoms with E-state index < -0.39 is 25.2 Å². The van der Waals surface area contributed by atoms with Gasteiger partial charge in [-0.3, -0.25) is 4.57 Å². The summed E-state index contributed by atoms with van der Waals surface area (Å²) in [7, 11) is -0.882. The van der Waals surface area contributed by atoms with E-state index in [2.05, 4.69) is 38.1 Å². The topological polar surface area (TPSA) is 93.1 Å². The summed E-state index contributed by atoms with van der Waals surface area (Å²) in [5.74, 6) is -0.628. The smallest absolute Gasteiger partial charge is 0.351 e. The Bertz CT molecular complexity index is 782. The molecule has 0 bridgehead atoms. The Hall–Kier alpha value is -0.980. The molecule has 0 aliphatic carbocycles. The van der Waals surface area contributed by atoms with Crippen LogP contribution >= 0.6 is 20.2 Å². The summed E-state index contributed by atoms with van der Waals surface area (Å²) in [5, 5.41) is 17.9. The highest BCUT2D eigenvalue weighted by Crippen LogP contribution is 2.36. The van der Waals surface area contributed by atoms with Crippen LogP contribution in [-0.2, 0) is 18.8 Å². The van der Waals surface area contributed by atoms with Crippen molar-refractivity contribution in [2.75, 3.05) is 19.0 Å². The second-order valence-corrected chi connectivity index (χ2v) is 13.3. The van der Waals surface area contributed by atoms with Crippen LogP contribution in [0.4, 0.5) is 0 Å². The number of carboxylic acid groups (broad SMARTS) is 1. The van der Waals surface area contributed by atoms with Crippen LogP contribution < -0.4 is 0 Å². The normalized spacial score (nSPS) is 15.4. The van der Waals surface area contributed by atoms with Gasteiger partial charge in [0, 0.05) is 6.61 Å². The first-order valence-electron chi connectivity index (χ1n) is 16.1. The van der Waals surface area contributed by atoms with E-state index in [9.17, 15) is 19.6 Å². The number of benzene rings is 1. The number of thioether (sulfide) groups is 1. The number of aliphatic carboxylic acids is 1. The molecule has 8 heteroatoms. The van der Waals surface area contributed by atoms with Crippen molar-refractivity contribution in [3.63, 3.8) is 0 Å². The highest BCUT2D eigenvalue weighted by molar-refractivity contribution is 8.00. The predicted octanol–water partition coefficient (Wildman–Crippen LogP) is 9.60. The van der Waals surface area contributed by atoms with Crippen molar-refractivity contribution in [2.24, 2.45) is 0 Å². The lowest BCUT2D eigenvalue weighted by Crippen LogP contribution is -2.45. The molecule has 0 spiro atoms. The van der Waals surface area contributed by atoms with Gasteiger partial charge >= 0.3 is 5.97 Å². The third-order valence-corrected chi connectivity index (χ3v) is 9.71. The average molecular weight is 613 g/mol. The molecule has 0 aliphatic rings. The van der Waals surface area contributed by atoms with E-state index in [1.807, 2.05) is 13.0 Å². The van der Waals surface area contributed by atoms with Gasteiger partial charge in [0.15, 0.2) is 5.44 Å². The molecular formula is C33H57O6PS. The largest absolute Gasteiger partial charge is 0.478 e. The lowest BCUT2D eigenvalue weighted by Gasteiger charge is -2.28. The summed E-state index contributed by atoms with van der Waals surface area (Å²) >= 11 is 1.22. The molecule has 4 atom stereocenters. The second-order valence-electron chi connectivity index (χ2n) is 11.3. The van der Waals surface area contributed by atoms with Crippen molar-refractivity contribution >= 4 is 26.2 Å². The monoisotopic (exact) mass is 612 g/mol. The van der Waals surface area contributed by atoms with Crippen molar-refractivity contribution < 1.29 is 29.0 Å². The van der Waals surface area contributed by atoms with Gasteiger partial charge in [-0.15, -0.1) is 11.8 Å². The van der Waals surface area contributed by atoms with Crippen LogP contribution in [0.1, 0.15) is 135 Å². The molecule has 0 saturated carbocycles. The molecule has 1 aromatic rings. The summed E-state index contributed by atoms with van der Waals surface area (Å²) < 4.78 is 23.6. The third kappa shape index (κ3) is 17.0. The Morgan fingerprint density at radius 1 is 0.854 bits per heavy atom. The summed E-state index contributed by atoms with van der Waals surface area (Å²) in [4.78, 5) is 11.9. The van der Waals surface area contributed by atoms with Crippen LogP contribution in [0.3, 0.4) is 0 Å². The average Bonchev–Trinajstić information content (AvgIpc) is 2.98. The van der Waals surface area contributed by atoms with Gasteiger partial charge < -0.3 is 19.7 Å². The van der Waals surface area contributed by atoms with Gasteiger partial charge in [0.25, 0.3) is 5.34 Å². The maximum atomic E-state index is 11.9. The van der Waals surface area contributed by atoms with Gasteiger partial charge in [0.2, 0.25) is 8.46 Å². The molecule has 6 nitrogen and oxygen atoms in total. The fourth-order valence-electron chi connectivity index (χ4n) is 4.95. The molecule has 0 saturated heterocycles. The van der Waals surface area contributed by atoms with E-state index in [-0.39, 0.29) is 12.7 Å². The van der Waals surface area contributed by atoms with Crippen LogP contribution in [0, 0.1) is 0 Å². The van der Waals surface area contributed by atoms with E-state index in [0.29, 0.717) is 18.3 Å². The van der Waals surface area contributed by atoms with Crippen molar-refractivity contribution in [2.45, 2.75) is 146 Å². The molecule has 4 unspecified atom stereocenters.